The SMILES string of the molecule is Cc1c(Br)c(C)c2c(c1Br)CC(C)(C)C(Br)C2=O. The maximum absolute atomic E-state index is 12.6. The summed E-state index contributed by atoms with van der Waals surface area (Å²) >= 11 is 10.8. The van der Waals surface area contributed by atoms with Crippen molar-refractivity contribution in [3.8, 4) is 0 Å². The predicted octanol–water partition coefficient (Wildman–Crippen LogP) is 5.36. The zero-order valence-corrected chi connectivity index (χ0v) is 15.6. The van der Waals surface area contributed by atoms with E-state index in [0.29, 0.717) is 0 Å². The molecule has 0 bridgehead atoms. The molecule has 1 aliphatic carbocycles. The molecule has 0 N–H and O–H groups in total. The van der Waals surface area contributed by atoms with E-state index in [1.165, 1.54) is 5.56 Å². The summed E-state index contributed by atoms with van der Waals surface area (Å²) in [5, 5.41) is 0. The third kappa shape index (κ3) is 2.04. The van der Waals surface area contributed by atoms with Gasteiger partial charge < -0.3 is 0 Å². The first-order valence-corrected chi connectivity index (χ1v) is 8.34. The monoisotopic (exact) mass is 436 g/mol. The molecule has 0 saturated carbocycles. The molecule has 2 rings (SSSR count). The molecule has 0 heterocycles. The second kappa shape index (κ2) is 4.71. The smallest absolute Gasteiger partial charge is 0.177 e. The number of carbonyl (C=O) groups is 1. The van der Waals surface area contributed by atoms with Gasteiger partial charge >= 0.3 is 0 Å². The molecular formula is C14H15Br3O. The van der Waals surface area contributed by atoms with E-state index < -0.39 is 0 Å². The van der Waals surface area contributed by atoms with Crippen molar-refractivity contribution in [3.63, 3.8) is 0 Å². The Bertz CT molecular complexity index is 547. The third-order valence-electron chi connectivity index (χ3n) is 3.72. The van der Waals surface area contributed by atoms with E-state index in [2.05, 4.69) is 68.6 Å². The summed E-state index contributed by atoms with van der Waals surface area (Å²) in [5.74, 6) is 0.195. The van der Waals surface area contributed by atoms with E-state index in [1.54, 1.807) is 0 Å². The summed E-state index contributed by atoms with van der Waals surface area (Å²) in [6.07, 6.45) is 0.902. The van der Waals surface area contributed by atoms with Crippen LogP contribution < -0.4 is 0 Å². The van der Waals surface area contributed by atoms with Gasteiger partial charge in [0.2, 0.25) is 0 Å². The largest absolute Gasteiger partial charge is 0.293 e. The molecule has 0 amide bonds. The fourth-order valence-corrected chi connectivity index (χ4v) is 4.17. The van der Waals surface area contributed by atoms with Crippen LogP contribution in [0.5, 0.6) is 0 Å². The number of hydrogen-bond acceptors (Lipinski definition) is 1. The van der Waals surface area contributed by atoms with Gasteiger partial charge in [0.25, 0.3) is 0 Å². The Labute approximate surface area is 133 Å². The maximum atomic E-state index is 12.6. The van der Waals surface area contributed by atoms with Gasteiger partial charge in [-0.2, -0.15) is 0 Å². The molecule has 0 radical (unpaired) electrons. The van der Waals surface area contributed by atoms with Crippen molar-refractivity contribution < 1.29 is 4.79 Å². The van der Waals surface area contributed by atoms with Gasteiger partial charge in [-0.3, -0.25) is 4.79 Å². The highest BCUT2D eigenvalue weighted by Gasteiger charge is 2.41. The Balaban J connectivity index is 2.80. The fraction of sp³-hybridized carbons (Fsp3) is 0.500. The van der Waals surface area contributed by atoms with E-state index in [-0.39, 0.29) is 16.0 Å². The number of hydrogen-bond donors (Lipinski definition) is 0. The van der Waals surface area contributed by atoms with E-state index in [0.717, 1.165) is 32.1 Å². The molecule has 1 nitrogen and oxygen atoms in total. The summed E-state index contributed by atoms with van der Waals surface area (Å²) in [6, 6.07) is 0. The number of Topliss-reactive ketones (excluding diaryl/α,β-unsaturated/α-hetero) is 1. The average Bonchev–Trinajstić information content (AvgIpc) is 2.30. The lowest BCUT2D eigenvalue weighted by atomic mass is 9.72. The van der Waals surface area contributed by atoms with E-state index in [1.807, 2.05) is 6.92 Å². The average molecular weight is 439 g/mol. The number of alkyl halides is 1. The van der Waals surface area contributed by atoms with Gasteiger partial charge in [-0.25, -0.2) is 0 Å². The molecule has 1 atom stereocenters. The number of halogens is 3. The minimum Gasteiger partial charge on any atom is -0.293 e. The molecule has 0 saturated heterocycles. The Hall–Kier alpha value is 0.330. The molecule has 1 aliphatic rings. The first-order chi connectivity index (χ1) is 8.18. The standard InChI is InChI=1S/C14H15Br3O/c1-6-9-8(11(16)7(2)10(6)15)5-14(3,4)13(17)12(9)18/h13H,5H2,1-4H3. The van der Waals surface area contributed by atoms with Crippen molar-refractivity contribution in [3.05, 3.63) is 31.2 Å². The molecule has 1 aromatic carbocycles. The second-order valence-electron chi connectivity index (χ2n) is 5.62. The molecule has 1 unspecified atom stereocenters. The van der Waals surface area contributed by atoms with Crippen LogP contribution in [0.4, 0.5) is 0 Å². The Morgan fingerprint density at radius 3 is 2.22 bits per heavy atom. The van der Waals surface area contributed by atoms with Crippen molar-refractivity contribution >= 4 is 53.6 Å². The lowest BCUT2D eigenvalue weighted by molar-refractivity contribution is 0.0928. The molecule has 1 aromatic rings. The first kappa shape index (κ1) is 14.7. The van der Waals surface area contributed by atoms with Gasteiger partial charge in [-0.15, -0.1) is 0 Å². The molecular weight excluding hydrogens is 424 g/mol. The van der Waals surface area contributed by atoms with Crippen molar-refractivity contribution in [2.75, 3.05) is 0 Å². The van der Waals surface area contributed by atoms with E-state index in [4.69, 9.17) is 0 Å². The molecule has 18 heavy (non-hydrogen) atoms. The Morgan fingerprint density at radius 2 is 1.67 bits per heavy atom. The van der Waals surface area contributed by atoms with Crippen LogP contribution in [-0.4, -0.2) is 10.6 Å². The van der Waals surface area contributed by atoms with Crippen LogP contribution in [0.15, 0.2) is 8.95 Å². The van der Waals surface area contributed by atoms with E-state index >= 15 is 0 Å². The van der Waals surface area contributed by atoms with Gasteiger partial charge in [0.05, 0.1) is 4.83 Å². The highest BCUT2D eigenvalue weighted by atomic mass is 79.9. The molecule has 98 valence electrons. The van der Waals surface area contributed by atoms with Gasteiger partial charge in [0.1, 0.15) is 0 Å². The van der Waals surface area contributed by atoms with Crippen molar-refractivity contribution in [1.82, 2.24) is 0 Å². The van der Waals surface area contributed by atoms with Crippen molar-refractivity contribution in [2.24, 2.45) is 5.41 Å². The normalized spacial score (nSPS) is 21.9. The number of rotatable bonds is 0. The van der Waals surface area contributed by atoms with Gasteiger partial charge in [0, 0.05) is 14.5 Å². The third-order valence-corrected chi connectivity index (χ3v) is 7.64. The Kier molecular flexibility index (Phi) is 3.85. The van der Waals surface area contributed by atoms with Crippen LogP contribution in [0.3, 0.4) is 0 Å². The molecule has 0 fully saturated rings. The number of fused-ring (bicyclic) bond motifs is 1. The Morgan fingerprint density at radius 1 is 1.11 bits per heavy atom. The highest BCUT2D eigenvalue weighted by molar-refractivity contribution is 9.11. The van der Waals surface area contributed by atoms with E-state index in [9.17, 15) is 4.79 Å². The quantitative estimate of drug-likeness (QED) is 0.498. The van der Waals surface area contributed by atoms with Crippen LogP contribution in [0.25, 0.3) is 0 Å². The summed E-state index contributed by atoms with van der Waals surface area (Å²) in [4.78, 5) is 12.5. The summed E-state index contributed by atoms with van der Waals surface area (Å²) < 4.78 is 2.09. The minimum absolute atomic E-state index is 0.0562. The van der Waals surface area contributed by atoms with Crippen molar-refractivity contribution in [1.29, 1.82) is 0 Å². The maximum Gasteiger partial charge on any atom is 0.177 e. The number of benzene rings is 1. The molecule has 4 heteroatoms. The highest BCUT2D eigenvalue weighted by Crippen LogP contribution is 2.45. The topological polar surface area (TPSA) is 17.1 Å². The van der Waals surface area contributed by atoms with Crippen LogP contribution in [0.2, 0.25) is 0 Å². The summed E-state index contributed by atoms with van der Waals surface area (Å²) in [7, 11) is 0. The zero-order chi connectivity index (χ0) is 13.8. The van der Waals surface area contributed by atoms with Gasteiger partial charge in [-0.1, -0.05) is 61.6 Å². The van der Waals surface area contributed by atoms with Crippen LogP contribution in [-0.2, 0) is 6.42 Å². The van der Waals surface area contributed by atoms with Crippen LogP contribution in [0.1, 0.15) is 40.9 Å². The lowest BCUT2D eigenvalue weighted by Gasteiger charge is -2.37. The first-order valence-electron chi connectivity index (χ1n) is 5.83. The van der Waals surface area contributed by atoms with Crippen LogP contribution in [0, 0.1) is 19.3 Å². The molecule has 0 aromatic heterocycles. The van der Waals surface area contributed by atoms with Crippen molar-refractivity contribution in [2.45, 2.75) is 38.9 Å². The predicted molar refractivity (Wildman–Crippen MR) is 85.8 cm³/mol. The minimum atomic E-state index is -0.113. The molecule has 0 spiro atoms. The number of carbonyl (C=O) groups excluding carboxylic acids is 1. The van der Waals surface area contributed by atoms with Crippen LogP contribution >= 0.6 is 47.8 Å². The zero-order valence-electron chi connectivity index (χ0n) is 10.8. The second-order valence-corrected chi connectivity index (χ2v) is 8.13. The molecule has 0 aliphatic heterocycles. The van der Waals surface area contributed by atoms with Gasteiger partial charge in [0.15, 0.2) is 5.78 Å². The summed E-state index contributed by atoms with van der Waals surface area (Å²) in [6.45, 7) is 8.34. The number of ketones is 1. The fourth-order valence-electron chi connectivity index (χ4n) is 2.58. The van der Waals surface area contributed by atoms with Gasteiger partial charge in [-0.05, 0) is 42.4 Å². The summed E-state index contributed by atoms with van der Waals surface area (Å²) in [5.41, 5.74) is 4.19. The lowest BCUT2D eigenvalue weighted by Crippen LogP contribution is -2.39.